The van der Waals surface area contributed by atoms with Crippen molar-refractivity contribution in [1.29, 1.82) is 0 Å². The molecule has 1 heterocycles. The number of rotatable bonds is 6. The minimum atomic E-state index is -4.50. The second kappa shape index (κ2) is 9.12. The Hall–Kier alpha value is -2.82. The van der Waals surface area contributed by atoms with Gasteiger partial charge in [0.15, 0.2) is 0 Å². The molecule has 2 aromatic rings. The molecule has 0 atom stereocenters. The maximum atomic E-state index is 12.8. The Morgan fingerprint density at radius 2 is 1.72 bits per heavy atom. The third-order valence-corrected chi connectivity index (χ3v) is 4.28. The highest BCUT2D eigenvalue weighted by Crippen LogP contribution is 2.29. The van der Waals surface area contributed by atoms with Crippen molar-refractivity contribution in [2.45, 2.75) is 19.1 Å². The van der Waals surface area contributed by atoms with Gasteiger partial charge in [0.25, 0.3) is 5.91 Å². The van der Waals surface area contributed by atoms with Crippen LogP contribution in [0.2, 0.25) is 0 Å². The fourth-order valence-electron chi connectivity index (χ4n) is 2.42. The van der Waals surface area contributed by atoms with E-state index in [0.717, 1.165) is 31.4 Å². The Kier molecular flexibility index (Phi) is 7.07. The number of ether oxygens (including phenoxy) is 2. The number of esters is 2. The maximum Gasteiger partial charge on any atom is 0.416 e. The lowest BCUT2D eigenvalue weighted by atomic mass is 10.1. The van der Waals surface area contributed by atoms with Crippen LogP contribution in [0.4, 0.5) is 13.2 Å². The second-order valence-corrected chi connectivity index (χ2v) is 6.69. The Labute approximate surface area is 172 Å². The molecule has 7 nitrogen and oxygen atoms in total. The van der Waals surface area contributed by atoms with Gasteiger partial charge >= 0.3 is 18.1 Å². The number of amides is 1. The zero-order valence-electron chi connectivity index (χ0n) is 15.3. The average molecular weight is 477 g/mol. The van der Waals surface area contributed by atoms with Gasteiger partial charge in [-0.15, -0.1) is 0 Å². The van der Waals surface area contributed by atoms with E-state index in [1.54, 1.807) is 0 Å². The first-order valence-corrected chi connectivity index (χ1v) is 8.86. The number of benzene rings is 1. The topological polar surface area (TPSA) is 77.8 Å². The molecule has 2 rings (SSSR count). The summed E-state index contributed by atoms with van der Waals surface area (Å²) in [5, 5.41) is 1.04. The van der Waals surface area contributed by atoms with Gasteiger partial charge in [-0.25, -0.2) is 14.5 Å². The van der Waals surface area contributed by atoms with Gasteiger partial charge in [-0.3, -0.25) is 9.59 Å². The zero-order valence-corrected chi connectivity index (χ0v) is 16.9. The number of hydrogen-bond acceptors (Lipinski definition) is 5. The number of alkyl halides is 3. The molecule has 0 aliphatic carbocycles. The summed E-state index contributed by atoms with van der Waals surface area (Å²) >= 11 is 3.20. The molecule has 0 radical (unpaired) electrons. The summed E-state index contributed by atoms with van der Waals surface area (Å²) in [5.41, 5.74) is -0.519. The van der Waals surface area contributed by atoms with E-state index in [0.29, 0.717) is 10.0 Å². The molecule has 0 saturated heterocycles. The smallest absolute Gasteiger partial charge is 0.416 e. The first-order chi connectivity index (χ1) is 13.6. The first kappa shape index (κ1) is 22.5. The first-order valence-electron chi connectivity index (χ1n) is 8.06. The van der Waals surface area contributed by atoms with Crippen molar-refractivity contribution in [3.8, 4) is 0 Å². The summed E-state index contributed by atoms with van der Waals surface area (Å²) in [5.74, 6) is -2.29. The molecule has 0 saturated carbocycles. The van der Waals surface area contributed by atoms with E-state index >= 15 is 0 Å². The van der Waals surface area contributed by atoms with Crippen molar-refractivity contribution in [3.05, 3.63) is 57.8 Å². The Bertz CT molecular complexity index is 909. The summed E-state index contributed by atoms with van der Waals surface area (Å²) in [6, 6.07) is 5.57. The SMILES string of the molecule is COC(=O)CC(=O)N(Cc1ccc(C(F)(F)F)cc1)n1cc(Br)cc1C(=O)OC. The lowest BCUT2D eigenvalue weighted by Crippen LogP contribution is -2.42. The highest BCUT2D eigenvalue weighted by atomic mass is 79.9. The van der Waals surface area contributed by atoms with E-state index in [1.165, 1.54) is 29.1 Å². The van der Waals surface area contributed by atoms with E-state index in [4.69, 9.17) is 4.74 Å². The predicted octanol–water partition coefficient (Wildman–Crippen LogP) is 3.28. The van der Waals surface area contributed by atoms with Crippen molar-refractivity contribution in [3.63, 3.8) is 0 Å². The van der Waals surface area contributed by atoms with Crippen LogP contribution in [-0.4, -0.2) is 36.7 Å². The summed E-state index contributed by atoms with van der Waals surface area (Å²) < 4.78 is 49.1. The van der Waals surface area contributed by atoms with E-state index in [2.05, 4.69) is 20.7 Å². The molecule has 0 aliphatic rings. The molecular weight excluding hydrogens is 461 g/mol. The minimum absolute atomic E-state index is 0.0236. The van der Waals surface area contributed by atoms with Crippen LogP contribution in [0.3, 0.4) is 0 Å². The van der Waals surface area contributed by atoms with Crippen molar-refractivity contribution in [2.24, 2.45) is 0 Å². The minimum Gasteiger partial charge on any atom is -0.469 e. The molecular formula is C18H16BrF3N2O5. The van der Waals surface area contributed by atoms with E-state index in [1.807, 2.05) is 0 Å². The van der Waals surface area contributed by atoms with Crippen LogP contribution in [-0.2, 0) is 31.8 Å². The van der Waals surface area contributed by atoms with E-state index < -0.39 is 36.0 Å². The molecule has 1 aromatic carbocycles. The van der Waals surface area contributed by atoms with Gasteiger partial charge in [-0.1, -0.05) is 12.1 Å². The quantitative estimate of drug-likeness (QED) is 0.472. The summed E-state index contributed by atoms with van der Waals surface area (Å²) in [6.45, 7) is -0.209. The Morgan fingerprint density at radius 3 is 2.24 bits per heavy atom. The molecule has 0 bridgehead atoms. The van der Waals surface area contributed by atoms with Crippen molar-refractivity contribution >= 4 is 33.8 Å². The highest BCUT2D eigenvalue weighted by Gasteiger charge is 2.30. The molecule has 1 aromatic heterocycles. The monoisotopic (exact) mass is 476 g/mol. The average Bonchev–Trinajstić information content (AvgIpc) is 3.06. The second-order valence-electron chi connectivity index (χ2n) is 5.78. The van der Waals surface area contributed by atoms with Gasteiger partial charge in [0, 0.05) is 10.7 Å². The van der Waals surface area contributed by atoms with E-state index in [-0.39, 0.29) is 12.2 Å². The fraction of sp³-hybridized carbons (Fsp3) is 0.278. The van der Waals surface area contributed by atoms with E-state index in [9.17, 15) is 27.6 Å². The standard InChI is InChI=1S/C18H16BrF3N2O5/c1-28-16(26)8-15(25)24(23-10-13(19)7-14(23)17(27)29-2)9-11-3-5-12(6-4-11)18(20,21)22/h3-7,10H,8-9H2,1-2H3. The number of carbonyl (C=O) groups is 3. The number of methoxy groups -OCH3 is 2. The van der Waals surface area contributed by atoms with Gasteiger partial charge in [-0.2, -0.15) is 13.2 Å². The molecule has 1 amide bonds. The summed E-state index contributed by atoms with van der Waals surface area (Å²) in [7, 11) is 2.27. The third kappa shape index (κ3) is 5.59. The third-order valence-electron chi connectivity index (χ3n) is 3.85. The van der Waals surface area contributed by atoms with Gasteiger partial charge in [0.05, 0.1) is 26.3 Å². The molecule has 0 aliphatic heterocycles. The summed E-state index contributed by atoms with van der Waals surface area (Å²) in [6.07, 6.45) is -3.73. The fourth-order valence-corrected chi connectivity index (χ4v) is 2.83. The van der Waals surface area contributed by atoms with Crippen LogP contribution in [0, 0.1) is 0 Å². The van der Waals surface area contributed by atoms with Crippen molar-refractivity contribution < 1.29 is 37.0 Å². The van der Waals surface area contributed by atoms with Crippen LogP contribution < -0.4 is 5.01 Å². The van der Waals surface area contributed by atoms with Gasteiger partial charge in [0.2, 0.25) is 0 Å². The Balaban J connectivity index is 2.42. The molecule has 156 valence electrons. The van der Waals surface area contributed by atoms with Crippen LogP contribution >= 0.6 is 15.9 Å². The maximum absolute atomic E-state index is 12.8. The largest absolute Gasteiger partial charge is 0.469 e. The number of aromatic nitrogens is 1. The number of nitrogens with zero attached hydrogens (tertiary/aromatic N) is 2. The molecule has 29 heavy (non-hydrogen) atoms. The zero-order chi connectivity index (χ0) is 21.8. The molecule has 0 fully saturated rings. The van der Waals surface area contributed by atoms with Crippen molar-refractivity contribution in [2.75, 3.05) is 19.2 Å². The Morgan fingerprint density at radius 1 is 1.10 bits per heavy atom. The molecule has 0 unspecified atom stereocenters. The van der Waals surface area contributed by atoms with Crippen LogP contribution in [0.5, 0.6) is 0 Å². The lowest BCUT2D eigenvalue weighted by Gasteiger charge is -2.25. The van der Waals surface area contributed by atoms with Crippen LogP contribution in [0.15, 0.2) is 41.0 Å². The number of hydrogen-bond donors (Lipinski definition) is 0. The van der Waals surface area contributed by atoms with Crippen LogP contribution in [0.25, 0.3) is 0 Å². The number of halogens is 4. The molecule has 0 N–H and O–H groups in total. The molecule has 11 heteroatoms. The van der Waals surface area contributed by atoms with Gasteiger partial charge in [0.1, 0.15) is 12.1 Å². The summed E-state index contributed by atoms with van der Waals surface area (Å²) in [4.78, 5) is 36.3. The van der Waals surface area contributed by atoms with Gasteiger partial charge < -0.3 is 9.47 Å². The highest BCUT2D eigenvalue weighted by molar-refractivity contribution is 9.10. The molecule has 0 spiro atoms. The van der Waals surface area contributed by atoms with Crippen LogP contribution in [0.1, 0.15) is 28.0 Å². The number of carbonyl (C=O) groups excluding carboxylic acids is 3. The normalized spacial score (nSPS) is 11.1. The van der Waals surface area contributed by atoms with Gasteiger partial charge in [-0.05, 0) is 39.7 Å². The predicted molar refractivity (Wildman–Crippen MR) is 98.5 cm³/mol. The lowest BCUT2D eigenvalue weighted by molar-refractivity contribution is -0.143. The van der Waals surface area contributed by atoms with Crippen molar-refractivity contribution in [1.82, 2.24) is 4.68 Å².